The highest BCUT2D eigenvalue weighted by molar-refractivity contribution is 6.30. The third-order valence-corrected chi connectivity index (χ3v) is 2.40. The van der Waals surface area contributed by atoms with E-state index in [9.17, 15) is 14.7 Å². The van der Waals surface area contributed by atoms with Gasteiger partial charge in [0.15, 0.2) is 6.04 Å². The first-order chi connectivity index (χ1) is 7.91. The number of hydrogen-bond donors (Lipinski definition) is 3. The van der Waals surface area contributed by atoms with Crippen molar-refractivity contribution in [2.24, 2.45) is 0 Å². The predicted octanol–water partition coefficient (Wildman–Crippen LogP) is 0.963. The molecule has 2 atom stereocenters. The molecule has 0 aliphatic heterocycles. The molecule has 0 aliphatic rings. The van der Waals surface area contributed by atoms with Crippen molar-refractivity contribution in [2.75, 3.05) is 0 Å². The highest BCUT2D eigenvalue weighted by atomic mass is 35.5. The fourth-order valence-electron chi connectivity index (χ4n) is 1.35. The van der Waals surface area contributed by atoms with Crippen molar-refractivity contribution in [1.82, 2.24) is 5.32 Å². The van der Waals surface area contributed by atoms with Gasteiger partial charge in [0.05, 0.1) is 0 Å². The molecule has 0 radical (unpaired) electrons. The molecule has 0 fully saturated rings. The van der Waals surface area contributed by atoms with Crippen LogP contribution in [0.4, 0.5) is 0 Å². The number of carboxylic acids is 1. The van der Waals surface area contributed by atoms with Gasteiger partial charge in [0.2, 0.25) is 5.91 Å². The molecule has 1 aromatic rings. The van der Waals surface area contributed by atoms with Crippen molar-refractivity contribution in [3.63, 3.8) is 0 Å². The summed E-state index contributed by atoms with van der Waals surface area (Å²) in [6.45, 7) is 1.19. The van der Waals surface area contributed by atoms with E-state index in [4.69, 9.17) is 16.7 Å². The number of hydrogen-bond acceptors (Lipinski definition) is 3. The molecule has 92 valence electrons. The van der Waals surface area contributed by atoms with E-state index in [1.54, 1.807) is 0 Å². The average Bonchev–Trinajstić information content (AvgIpc) is 2.25. The van der Waals surface area contributed by atoms with Gasteiger partial charge < -0.3 is 15.5 Å². The molecule has 0 aliphatic carbocycles. The maximum Gasteiger partial charge on any atom is 0.329 e. The lowest BCUT2D eigenvalue weighted by Crippen LogP contribution is -2.44. The fourth-order valence-corrected chi connectivity index (χ4v) is 1.47. The van der Waals surface area contributed by atoms with E-state index in [1.807, 2.05) is 0 Å². The Labute approximate surface area is 103 Å². The van der Waals surface area contributed by atoms with Crippen LogP contribution in [0.1, 0.15) is 18.6 Å². The molecule has 3 N–H and O–H groups in total. The Balaban J connectivity index is 2.91. The van der Waals surface area contributed by atoms with Crippen LogP contribution in [0.15, 0.2) is 24.3 Å². The van der Waals surface area contributed by atoms with Crippen LogP contribution in [-0.4, -0.2) is 28.1 Å². The largest absolute Gasteiger partial charge is 0.480 e. The molecule has 1 aromatic carbocycles. The molecular weight excluding hydrogens is 246 g/mol. The summed E-state index contributed by atoms with van der Waals surface area (Å²) in [7, 11) is 0. The van der Waals surface area contributed by atoms with Crippen LogP contribution in [0.3, 0.4) is 0 Å². The van der Waals surface area contributed by atoms with Crippen molar-refractivity contribution in [3.05, 3.63) is 34.9 Å². The SMILES string of the molecule is CC(=O)NC(C(=O)O)C(O)c1ccc(Cl)cc1. The van der Waals surface area contributed by atoms with Crippen LogP contribution >= 0.6 is 11.6 Å². The van der Waals surface area contributed by atoms with Crippen LogP contribution < -0.4 is 5.32 Å². The summed E-state index contributed by atoms with van der Waals surface area (Å²) in [6, 6.07) is 4.70. The van der Waals surface area contributed by atoms with Gasteiger partial charge in [0.25, 0.3) is 0 Å². The Bertz CT molecular complexity index is 418. The predicted molar refractivity (Wildman–Crippen MR) is 61.7 cm³/mol. The highest BCUT2D eigenvalue weighted by Gasteiger charge is 2.28. The lowest BCUT2D eigenvalue weighted by atomic mass is 10.0. The van der Waals surface area contributed by atoms with E-state index in [0.29, 0.717) is 10.6 Å². The number of amides is 1. The molecule has 6 heteroatoms. The molecule has 0 saturated carbocycles. The van der Waals surface area contributed by atoms with E-state index in [0.717, 1.165) is 0 Å². The van der Waals surface area contributed by atoms with E-state index in [1.165, 1.54) is 31.2 Å². The van der Waals surface area contributed by atoms with Crippen LogP contribution in [0.25, 0.3) is 0 Å². The summed E-state index contributed by atoms with van der Waals surface area (Å²) < 4.78 is 0. The average molecular weight is 258 g/mol. The summed E-state index contributed by atoms with van der Waals surface area (Å²) in [5.41, 5.74) is 0.371. The molecule has 1 rings (SSSR count). The summed E-state index contributed by atoms with van der Waals surface area (Å²) >= 11 is 5.68. The topological polar surface area (TPSA) is 86.6 Å². The van der Waals surface area contributed by atoms with Gasteiger partial charge in [-0.05, 0) is 17.7 Å². The summed E-state index contributed by atoms with van der Waals surface area (Å²) in [6.07, 6.45) is -1.33. The highest BCUT2D eigenvalue weighted by Crippen LogP contribution is 2.19. The fraction of sp³-hybridized carbons (Fsp3) is 0.273. The molecule has 0 spiro atoms. The van der Waals surface area contributed by atoms with Gasteiger partial charge >= 0.3 is 5.97 Å². The second-order valence-electron chi connectivity index (χ2n) is 3.51. The first-order valence-electron chi connectivity index (χ1n) is 4.85. The number of nitrogens with one attached hydrogen (secondary N) is 1. The lowest BCUT2D eigenvalue weighted by Gasteiger charge is -2.20. The summed E-state index contributed by atoms with van der Waals surface area (Å²) in [5, 5.41) is 21.4. The molecule has 5 nitrogen and oxygen atoms in total. The first-order valence-corrected chi connectivity index (χ1v) is 5.23. The van der Waals surface area contributed by atoms with Gasteiger partial charge in [0.1, 0.15) is 6.10 Å². The Hall–Kier alpha value is -1.59. The van der Waals surface area contributed by atoms with E-state index >= 15 is 0 Å². The van der Waals surface area contributed by atoms with E-state index in [2.05, 4.69) is 5.32 Å². The van der Waals surface area contributed by atoms with Gasteiger partial charge in [-0.15, -0.1) is 0 Å². The molecule has 17 heavy (non-hydrogen) atoms. The maximum absolute atomic E-state index is 10.9. The normalized spacial score (nSPS) is 13.8. The van der Waals surface area contributed by atoms with Gasteiger partial charge in [-0.1, -0.05) is 23.7 Å². The van der Waals surface area contributed by atoms with Crippen LogP contribution in [-0.2, 0) is 9.59 Å². The Kier molecular flexibility index (Phi) is 4.48. The van der Waals surface area contributed by atoms with Gasteiger partial charge in [-0.25, -0.2) is 4.79 Å². The molecule has 2 unspecified atom stereocenters. The summed E-state index contributed by atoms with van der Waals surface area (Å²) in [5.74, 6) is -1.83. The van der Waals surface area contributed by atoms with Gasteiger partial charge in [-0.2, -0.15) is 0 Å². The Morgan fingerprint density at radius 1 is 1.29 bits per heavy atom. The quantitative estimate of drug-likeness (QED) is 0.750. The number of halogens is 1. The van der Waals surface area contributed by atoms with Crippen molar-refractivity contribution >= 4 is 23.5 Å². The number of rotatable bonds is 4. The smallest absolute Gasteiger partial charge is 0.329 e. The maximum atomic E-state index is 10.9. The Morgan fingerprint density at radius 2 is 1.82 bits per heavy atom. The molecule has 0 aromatic heterocycles. The van der Waals surface area contributed by atoms with Crippen LogP contribution in [0.2, 0.25) is 5.02 Å². The minimum absolute atomic E-state index is 0.371. The second-order valence-corrected chi connectivity index (χ2v) is 3.95. The standard InChI is InChI=1S/C11H12ClNO4/c1-6(14)13-9(11(16)17)10(15)7-2-4-8(12)5-3-7/h2-5,9-10,15H,1H3,(H,13,14)(H,16,17). The third kappa shape index (κ3) is 3.72. The molecular formula is C11H12ClNO4. The molecule has 0 saturated heterocycles. The number of aliphatic hydroxyl groups excluding tert-OH is 1. The number of aliphatic carboxylic acids is 1. The van der Waals surface area contributed by atoms with Gasteiger partial charge in [-0.3, -0.25) is 4.79 Å². The first kappa shape index (κ1) is 13.5. The van der Waals surface area contributed by atoms with Crippen molar-refractivity contribution in [3.8, 4) is 0 Å². The van der Waals surface area contributed by atoms with Crippen molar-refractivity contribution in [1.29, 1.82) is 0 Å². The third-order valence-electron chi connectivity index (χ3n) is 2.15. The zero-order valence-corrected chi connectivity index (χ0v) is 9.81. The van der Waals surface area contributed by atoms with E-state index < -0.39 is 24.0 Å². The Morgan fingerprint density at radius 3 is 2.24 bits per heavy atom. The monoisotopic (exact) mass is 257 g/mol. The summed E-state index contributed by atoms with van der Waals surface area (Å²) in [4.78, 5) is 21.8. The van der Waals surface area contributed by atoms with Gasteiger partial charge in [0, 0.05) is 11.9 Å². The molecule has 0 heterocycles. The zero-order valence-electron chi connectivity index (χ0n) is 9.05. The second kappa shape index (κ2) is 5.65. The molecule has 0 bridgehead atoms. The number of benzene rings is 1. The molecule has 1 amide bonds. The lowest BCUT2D eigenvalue weighted by molar-refractivity contribution is -0.145. The number of carboxylic acid groups (broad SMARTS) is 1. The number of carbonyl (C=O) groups is 2. The zero-order chi connectivity index (χ0) is 13.0. The number of carbonyl (C=O) groups excluding carboxylic acids is 1. The minimum atomic E-state index is -1.38. The number of aliphatic hydroxyl groups is 1. The van der Waals surface area contributed by atoms with Crippen LogP contribution in [0.5, 0.6) is 0 Å². The van der Waals surface area contributed by atoms with Crippen molar-refractivity contribution < 1.29 is 19.8 Å². The van der Waals surface area contributed by atoms with E-state index in [-0.39, 0.29) is 0 Å². The van der Waals surface area contributed by atoms with Crippen molar-refractivity contribution in [2.45, 2.75) is 19.1 Å². The van der Waals surface area contributed by atoms with Crippen LogP contribution in [0, 0.1) is 0 Å². The minimum Gasteiger partial charge on any atom is -0.480 e.